The Hall–Kier alpha value is -4.30. The molecule has 1 atom stereocenters. The van der Waals surface area contributed by atoms with Crippen molar-refractivity contribution in [2.75, 3.05) is 39.3 Å². The van der Waals surface area contributed by atoms with Gasteiger partial charge in [-0.3, -0.25) is 14.3 Å². The van der Waals surface area contributed by atoms with E-state index in [1.807, 2.05) is 16.5 Å². The molecule has 6 rings (SSSR count). The molecule has 2 aliphatic rings. The summed E-state index contributed by atoms with van der Waals surface area (Å²) in [7, 11) is 0. The largest absolute Gasteiger partial charge is 0.488 e. The van der Waals surface area contributed by atoms with Gasteiger partial charge >= 0.3 is 6.55 Å². The molecule has 4 aromatic rings. The van der Waals surface area contributed by atoms with Crippen molar-refractivity contribution in [3.8, 4) is 17.0 Å². The molecule has 0 aliphatic carbocycles. The van der Waals surface area contributed by atoms with Crippen molar-refractivity contribution < 1.29 is 27.8 Å². The summed E-state index contributed by atoms with van der Waals surface area (Å²) in [4.78, 5) is 24.5. The van der Waals surface area contributed by atoms with E-state index in [1.165, 1.54) is 19.1 Å². The number of pyridine rings is 1. The minimum absolute atomic E-state index is 0.0294. The quantitative estimate of drug-likeness (QED) is 0.253. The van der Waals surface area contributed by atoms with E-state index in [-0.39, 0.29) is 41.0 Å². The van der Waals surface area contributed by atoms with Crippen LogP contribution in [0.3, 0.4) is 0 Å². The Morgan fingerprint density at radius 1 is 1.20 bits per heavy atom. The summed E-state index contributed by atoms with van der Waals surface area (Å²) in [6, 6.07) is 5.94. The third-order valence-corrected chi connectivity index (χ3v) is 8.86. The molecule has 3 aromatic heterocycles. The number of hydrogen-bond donors (Lipinski definition) is 1. The van der Waals surface area contributed by atoms with E-state index < -0.39 is 18.0 Å². The lowest BCUT2D eigenvalue weighted by Crippen LogP contribution is -2.54. The van der Waals surface area contributed by atoms with Crippen molar-refractivity contribution in [2.45, 2.75) is 51.8 Å². The first-order valence-corrected chi connectivity index (χ1v) is 15.3. The van der Waals surface area contributed by atoms with Gasteiger partial charge in [0.05, 0.1) is 29.1 Å². The second-order valence-corrected chi connectivity index (χ2v) is 12.6. The number of piperidine rings is 1. The molecule has 14 heteroatoms. The Kier molecular flexibility index (Phi) is 8.59. The molecule has 2 fully saturated rings. The fourth-order valence-corrected chi connectivity index (χ4v) is 6.30. The molecule has 244 valence electrons. The van der Waals surface area contributed by atoms with Gasteiger partial charge in [-0.1, -0.05) is 11.8 Å². The molecule has 2 aliphatic heterocycles. The topological polar surface area (TPSA) is 114 Å². The highest BCUT2D eigenvalue weighted by Crippen LogP contribution is 2.36. The number of hydrogen-bond acceptors (Lipinski definition) is 8. The molecule has 1 N–H and O–H groups in total. The molecule has 1 unspecified atom stereocenters. The van der Waals surface area contributed by atoms with Crippen LogP contribution in [-0.4, -0.2) is 89.7 Å². The summed E-state index contributed by atoms with van der Waals surface area (Å²) < 4.78 is 49.8. The molecular formula is C32H37F3N8O3. The highest BCUT2D eigenvalue weighted by atomic mass is 19.3. The maximum atomic E-state index is 13.9. The molecule has 0 spiro atoms. The zero-order valence-corrected chi connectivity index (χ0v) is 26.0. The van der Waals surface area contributed by atoms with Crippen LogP contribution in [0.25, 0.3) is 22.3 Å². The molecule has 0 saturated carbocycles. The van der Waals surface area contributed by atoms with Gasteiger partial charge in [-0.05, 0) is 57.9 Å². The Bertz CT molecular complexity index is 1740. The number of carbonyl (C=O) groups excluding carboxylic acids is 1. The first kappa shape index (κ1) is 31.7. The summed E-state index contributed by atoms with van der Waals surface area (Å²) in [6.45, 7) is 9.95. The molecule has 0 radical (unpaired) electrons. The van der Waals surface area contributed by atoms with Gasteiger partial charge in [0.2, 0.25) is 5.91 Å². The number of carbonyl (C=O) groups is 1. The monoisotopic (exact) mass is 638 g/mol. The van der Waals surface area contributed by atoms with Gasteiger partial charge in [-0.15, -0.1) is 5.10 Å². The van der Waals surface area contributed by atoms with Gasteiger partial charge in [0.1, 0.15) is 41.3 Å². The Balaban J connectivity index is 1.17. The van der Waals surface area contributed by atoms with Crippen LogP contribution >= 0.6 is 0 Å². The predicted molar refractivity (Wildman–Crippen MR) is 164 cm³/mol. The normalized spacial score (nSPS) is 17.8. The number of benzene rings is 1. The Morgan fingerprint density at radius 2 is 1.93 bits per heavy atom. The van der Waals surface area contributed by atoms with Crippen molar-refractivity contribution >= 4 is 16.9 Å². The molecule has 46 heavy (non-hydrogen) atoms. The van der Waals surface area contributed by atoms with Crippen LogP contribution in [0.2, 0.25) is 0 Å². The average Bonchev–Trinajstić information content (AvgIpc) is 3.61. The zero-order valence-electron chi connectivity index (χ0n) is 26.0. The first-order valence-electron chi connectivity index (χ1n) is 15.3. The van der Waals surface area contributed by atoms with E-state index in [4.69, 9.17) is 4.74 Å². The third kappa shape index (κ3) is 6.23. The van der Waals surface area contributed by atoms with Crippen LogP contribution in [-0.2, 0) is 10.4 Å². The summed E-state index contributed by atoms with van der Waals surface area (Å²) in [6.07, 6.45) is 3.82. The fraction of sp³-hybridized carbons (Fsp3) is 0.469. The smallest absolute Gasteiger partial charge is 0.320 e. The van der Waals surface area contributed by atoms with Crippen LogP contribution in [0.4, 0.5) is 13.2 Å². The van der Waals surface area contributed by atoms with Gasteiger partial charge in [0, 0.05) is 49.8 Å². The number of amides is 1. The Labute approximate surface area is 264 Å². The summed E-state index contributed by atoms with van der Waals surface area (Å²) >= 11 is 0. The highest BCUT2D eigenvalue weighted by molar-refractivity contribution is 5.92. The highest BCUT2D eigenvalue weighted by Gasteiger charge is 2.34. The van der Waals surface area contributed by atoms with Gasteiger partial charge in [-0.25, -0.2) is 14.1 Å². The second kappa shape index (κ2) is 12.5. The van der Waals surface area contributed by atoms with Crippen molar-refractivity contribution in [3.63, 3.8) is 0 Å². The lowest BCUT2D eigenvalue weighted by Gasteiger charge is -2.43. The molecule has 5 heterocycles. The number of nitrogens with zero attached hydrogens (tertiary/aromatic N) is 8. The average molecular weight is 639 g/mol. The van der Waals surface area contributed by atoms with Crippen LogP contribution in [0, 0.1) is 18.7 Å². The van der Waals surface area contributed by atoms with E-state index in [2.05, 4.69) is 31.8 Å². The van der Waals surface area contributed by atoms with E-state index in [0.717, 1.165) is 63.8 Å². The maximum absolute atomic E-state index is 13.9. The molecular weight excluding hydrogens is 601 g/mol. The van der Waals surface area contributed by atoms with Crippen LogP contribution < -0.4 is 4.74 Å². The molecule has 0 bridgehead atoms. The zero-order chi connectivity index (χ0) is 32.7. The summed E-state index contributed by atoms with van der Waals surface area (Å²) in [5, 5.41) is 20.0. The molecule has 11 nitrogen and oxygen atoms in total. The van der Waals surface area contributed by atoms with Crippen LogP contribution in [0.15, 0.2) is 48.9 Å². The number of ether oxygens (including phenoxy) is 1. The van der Waals surface area contributed by atoms with Crippen molar-refractivity contribution in [2.24, 2.45) is 5.92 Å². The van der Waals surface area contributed by atoms with Crippen LogP contribution in [0.1, 0.15) is 50.7 Å². The van der Waals surface area contributed by atoms with E-state index >= 15 is 0 Å². The Morgan fingerprint density at radius 3 is 2.59 bits per heavy atom. The standard InChI is InChI=1S/C32H37F3N8O3/c1-19(2)30(44)41-15-21(16-41)14-40-9-7-24(8-10-40)43-20(3)28(38-39-43)22-11-25-29(42(18-37-25)31(34)35)26(12-22)46-17-32(4,45)27-6-5-23(33)13-36-27/h5-6,11-13,18,21,24,31,45H,1,7-10,14-17H2,2-4H3. The number of rotatable bonds is 10. The van der Waals surface area contributed by atoms with Gasteiger partial charge in [0.15, 0.2) is 0 Å². The summed E-state index contributed by atoms with van der Waals surface area (Å²) in [5.41, 5.74) is 1.42. The molecule has 1 aromatic carbocycles. The van der Waals surface area contributed by atoms with Crippen LogP contribution in [0.5, 0.6) is 5.75 Å². The van der Waals surface area contributed by atoms with E-state index in [9.17, 15) is 23.1 Å². The second-order valence-electron chi connectivity index (χ2n) is 12.6. The number of fused-ring (bicyclic) bond motifs is 1. The molecule has 1 amide bonds. The number of aliphatic hydroxyl groups is 1. The van der Waals surface area contributed by atoms with Crippen molar-refractivity contribution in [1.29, 1.82) is 0 Å². The lowest BCUT2D eigenvalue weighted by molar-refractivity contribution is -0.133. The van der Waals surface area contributed by atoms with Crippen molar-refractivity contribution in [1.82, 2.24) is 39.3 Å². The number of imidazole rings is 1. The minimum atomic E-state index is -2.87. The SMILES string of the molecule is C=C(C)C(=O)N1CC(CN2CCC(n3nnc(-c4cc(OCC(C)(O)c5ccc(F)cn5)c5c(c4)ncn5C(F)F)c3C)CC2)C1. The lowest BCUT2D eigenvalue weighted by atomic mass is 9.96. The van der Waals surface area contributed by atoms with E-state index in [0.29, 0.717) is 27.3 Å². The van der Waals surface area contributed by atoms with Gasteiger partial charge in [-0.2, -0.15) is 8.78 Å². The predicted octanol–water partition coefficient (Wildman–Crippen LogP) is 4.49. The van der Waals surface area contributed by atoms with Gasteiger partial charge < -0.3 is 19.6 Å². The minimum Gasteiger partial charge on any atom is -0.488 e. The maximum Gasteiger partial charge on any atom is 0.320 e. The summed E-state index contributed by atoms with van der Waals surface area (Å²) in [5.74, 6) is 0.0226. The number of aromatic nitrogens is 6. The van der Waals surface area contributed by atoms with Crippen molar-refractivity contribution in [3.05, 3.63) is 66.1 Å². The number of alkyl halides is 2. The fourth-order valence-electron chi connectivity index (χ4n) is 6.30. The first-order chi connectivity index (χ1) is 21.9. The molecule has 2 saturated heterocycles. The van der Waals surface area contributed by atoms with E-state index in [1.54, 1.807) is 19.1 Å². The third-order valence-electron chi connectivity index (χ3n) is 8.86. The van der Waals surface area contributed by atoms with Gasteiger partial charge in [0.25, 0.3) is 0 Å². The number of halogens is 3. The number of likely N-dealkylation sites (tertiary alicyclic amines) is 2.